The Bertz CT molecular complexity index is 840. The molecule has 0 saturated carbocycles. The number of benzene rings is 2. The number of halogens is 1. The van der Waals surface area contributed by atoms with Gasteiger partial charge in [-0.15, -0.1) is 0 Å². The molecule has 1 atom stereocenters. The topological polar surface area (TPSA) is 79.7 Å². The van der Waals surface area contributed by atoms with E-state index in [1.807, 2.05) is 13.0 Å². The fourth-order valence-corrected chi connectivity index (χ4v) is 2.86. The molecule has 1 unspecified atom stereocenters. The second kappa shape index (κ2) is 10.6. The summed E-state index contributed by atoms with van der Waals surface area (Å²) in [6.45, 7) is 2.89. The molecule has 0 aliphatic carbocycles. The summed E-state index contributed by atoms with van der Waals surface area (Å²) in [4.78, 5) is 37.7. The first-order chi connectivity index (χ1) is 13.4. The molecule has 7 heteroatoms. The van der Waals surface area contributed by atoms with E-state index in [1.54, 1.807) is 49.5 Å². The lowest BCUT2D eigenvalue weighted by Crippen LogP contribution is -3.11. The molecule has 28 heavy (non-hydrogen) atoms. The molecule has 0 saturated heterocycles. The van der Waals surface area contributed by atoms with Crippen LogP contribution in [0.1, 0.15) is 29.3 Å². The molecule has 0 heterocycles. The van der Waals surface area contributed by atoms with E-state index in [-0.39, 0.29) is 30.7 Å². The minimum Gasteiger partial charge on any atom is -0.351 e. The molecule has 0 aliphatic heterocycles. The van der Waals surface area contributed by atoms with Crippen molar-refractivity contribution in [1.29, 1.82) is 0 Å². The molecule has 0 aliphatic rings. The maximum absolute atomic E-state index is 12.8. The predicted molar refractivity (Wildman–Crippen MR) is 110 cm³/mol. The first-order valence-electron chi connectivity index (χ1n) is 9.17. The minimum absolute atomic E-state index is 0.0984. The van der Waals surface area contributed by atoms with Crippen molar-refractivity contribution in [3.63, 3.8) is 0 Å². The zero-order valence-electron chi connectivity index (χ0n) is 16.0. The van der Waals surface area contributed by atoms with Gasteiger partial charge in [-0.3, -0.25) is 14.4 Å². The number of likely N-dealkylation sites (N-methyl/N-ethyl adjacent to an activating group) is 1. The summed E-state index contributed by atoms with van der Waals surface area (Å²) < 4.78 is 0. The maximum Gasteiger partial charge on any atom is 0.279 e. The molecule has 0 radical (unpaired) electrons. The largest absolute Gasteiger partial charge is 0.351 e. The van der Waals surface area contributed by atoms with E-state index >= 15 is 0 Å². The summed E-state index contributed by atoms with van der Waals surface area (Å²) in [6.07, 6.45) is 0.861. The Morgan fingerprint density at radius 3 is 2.36 bits per heavy atom. The molecule has 0 fully saturated rings. The Balaban J connectivity index is 2.06. The Hall–Kier alpha value is -2.70. The lowest BCUT2D eigenvalue weighted by molar-refractivity contribution is -0.862. The van der Waals surface area contributed by atoms with Crippen LogP contribution in [0.4, 0.5) is 5.69 Å². The van der Waals surface area contributed by atoms with Crippen LogP contribution in [0, 0.1) is 0 Å². The van der Waals surface area contributed by atoms with Crippen LogP contribution in [0.3, 0.4) is 0 Å². The van der Waals surface area contributed by atoms with Gasteiger partial charge in [-0.25, -0.2) is 0 Å². The van der Waals surface area contributed by atoms with Gasteiger partial charge in [0.05, 0.1) is 12.7 Å². The van der Waals surface area contributed by atoms with Gasteiger partial charge in [0.15, 0.2) is 18.9 Å². The number of nitrogens with one attached hydrogen (secondary N) is 3. The number of carbonyl (C=O) groups is 3. The molecular formula is C21H25ClN3O3+. The summed E-state index contributed by atoms with van der Waals surface area (Å²) in [5, 5.41) is 5.96. The minimum atomic E-state index is -0.287. The van der Waals surface area contributed by atoms with Gasteiger partial charge in [0, 0.05) is 22.7 Å². The average molecular weight is 403 g/mol. The van der Waals surface area contributed by atoms with Crippen LogP contribution in [-0.2, 0) is 9.59 Å². The van der Waals surface area contributed by atoms with Crippen molar-refractivity contribution in [3.05, 3.63) is 64.7 Å². The lowest BCUT2D eigenvalue weighted by atomic mass is 10.0. The van der Waals surface area contributed by atoms with Crippen LogP contribution in [0.2, 0.25) is 5.02 Å². The Labute approximate surface area is 169 Å². The summed E-state index contributed by atoms with van der Waals surface area (Å²) in [5.41, 5.74) is 1.23. The molecule has 0 bridgehead atoms. The highest BCUT2D eigenvalue weighted by Gasteiger charge is 2.18. The van der Waals surface area contributed by atoms with Crippen molar-refractivity contribution in [2.45, 2.75) is 13.3 Å². The smallest absolute Gasteiger partial charge is 0.279 e. The summed E-state index contributed by atoms with van der Waals surface area (Å²) in [7, 11) is 1.77. The van der Waals surface area contributed by atoms with Crippen LogP contribution in [-0.4, -0.2) is 44.3 Å². The monoisotopic (exact) mass is 402 g/mol. The van der Waals surface area contributed by atoms with Gasteiger partial charge in [0.2, 0.25) is 0 Å². The number of carbonyl (C=O) groups excluding carboxylic acids is 3. The predicted octanol–water partition coefficient (Wildman–Crippen LogP) is 1.55. The molecule has 2 amide bonds. The van der Waals surface area contributed by atoms with E-state index in [0.717, 1.165) is 11.3 Å². The quantitative estimate of drug-likeness (QED) is 0.557. The third kappa shape index (κ3) is 6.48. The average Bonchev–Trinajstić information content (AvgIpc) is 2.67. The van der Waals surface area contributed by atoms with Gasteiger partial charge < -0.3 is 15.5 Å². The van der Waals surface area contributed by atoms with Crippen molar-refractivity contribution in [1.82, 2.24) is 5.32 Å². The van der Waals surface area contributed by atoms with Crippen LogP contribution in [0.25, 0.3) is 0 Å². The molecular weight excluding hydrogens is 378 g/mol. The fraction of sp³-hybridized carbons (Fsp3) is 0.286. The zero-order valence-corrected chi connectivity index (χ0v) is 16.8. The standard InChI is InChI=1S/C21H24ClN3O3/c1-3-11-23-19(26)13-25(2)14-20(27)24-18-10-9-16(22)12-17(18)21(28)15-7-5-4-6-8-15/h4-10,12H,3,11,13-14H2,1-2H3,(H,23,26)(H,24,27)/p+1. The number of amides is 2. The van der Waals surface area contributed by atoms with Gasteiger partial charge in [0.1, 0.15) is 0 Å². The summed E-state index contributed by atoms with van der Waals surface area (Å²) in [5.74, 6) is -0.609. The summed E-state index contributed by atoms with van der Waals surface area (Å²) in [6, 6.07) is 13.6. The third-order valence-corrected chi connectivity index (χ3v) is 4.27. The molecule has 148 valence electrons. The van der Waals surface area contributed by atoms with Gasteiger partial charge >= 0.3 is 0 Å². The first kappa shape index (κ1) is 21.6. The third-order valence-electron chi connectivity index (χ3n) is 4.03. The zero-order chi connectivity index (χ0) is 20.5. The van der Waals surface area contributed by atoms with Gasteiger partial charge in [0.25, 0.3) is 11.8 Å². The molecule has 2 aromatic rings. The molecule has 6 nitrogen and oxygen atoms in total. The molecule has 2 aromatic carbocycles. The van der Waals surface area contributed by atoms with E-state index in [1.165, 1.54) is 0 Å². The van der Waals surface area contributed by atoms with Gasteiger partial charge in [-0.2, -0.15) is 0 Å². The van der Waals surface area contributed by atoms with Crippen LogP contribution in [0.5, 0.6) is 0 Å². The molecule has 0 spiro atoms. The Morgan fingerprint density at radius 2 is 1.68 bits per heavy atom. The molecule has 2 rings (SSSR count). The lowest BCUT2D eigenvalue weighted by Gasteiger charge is -2.15. The Morgan fingerprint density at radius 1 is 1.00 bits per heavy atom. The van der Waals surface area contributed by atoms with Crippen molar-refractivity contribution >= 4 is 34.9 Å². The highest BCUT2D eigenvalue weighted by Crippen LogP contribution is 2.23. The number of hydrogen-bond acceptors (Lipinski definition) is 3. The second-order valence-electron chi connectivity index (χ2n) is 6.59. The number of hydrogen-bond donors (Lipinski definition) is 3. The highest BCUT2D eigenvalue weighted by molar-refractivity contribution is 6.31. The number of quaternary nitrogens is 1. The first-order valence-corrected chi connectivity index (χ1v) is 9.55. The number of rotatable bonds is 9. The van der Waals surface area contributed by atoms with Crippen molar-refractivity contribution in [2.24, 2.45) is 0 Å². The van der Waals surface area contributed by atoms with E-state index in [9.17, 15) is 14.4 Å². The molecule has 3 N–H and O–H groups in total. The van der Waals surface area contributed by atoms with E-state index in [0.29, 0.717) is 28.4 Å². The van der Waals surface area contributed by atoms with Gasteiger partial charge in [-0.05, 0) is 24.6 Å². The van der Waals surface area contributed by atoms with Crippen molar-refractivity contribution in [3.8, 4) is 0 Å². The number of ketones is 1. The number of anilines is 1. The van der Waals surface area contributed by atoms with E-state index in [2.05, 4.69) is 10.6 Å². The normalized spacial score (nSPS) is 11.5. The van der Waals surface area contributed by atoms with Crippen LogP contribution in [0.15, 0.2) is 48.5 Å². The van der Waals surface area contributed by atoms with E-state index < -0.39 is 0 Å². The van der Waals surface area contributed by atoms with E-state index in [4.69, 9.17) is 11.6 Å². The van der Waals surface area contributed by atoms with Crippen LogP contribution < -0.4 is 15.5 Å². The SMILES string of the molecule is CCCNC(=O)C[NH+](C)CC(=O)Nc1ccc(Cl)cc1C(=O)c1ccccc1. The Kier molecular flexibility index (Phi) is 8.17. The summed E-state index contributed by atoms with van der Waals surface area (Å²) >= 11 is 6.05. The highest BCUT2D eigenvalue weighted by atomic mass is 35.5. The maximum atomic E-state index is 12.8. The van der Waals surface area contributed by atoms with Crippen molar-refractivity contribution < 1.29 is 19.3 Å². The van der Waals surface area contributed by atoms with Crippen molar-refractivity contribution in [2.75, 3.05) is 32.0 Å². The van der Waals surface area contributed by atoms with Gasteiger partial charge in [-0.1, -0.05) is 48.9 Å². The van der Waals surface area contributed by atoms with Crippen LogP contribution >= 0.6 is 11.6 Å². The fourth-order valence-electron chi connectivity index (χ4n) is 2.69. The second-order valence-corrected chi connectivity index (χ2v) is 7.03. The molecule has 0 aromatic heterocycles.